The van der Waals surface area contributed by atoms with Crippen LogP contribution in [-0.2, 0) is 0 Å². The van der Waals surface area contributed by atoms with E-state index in [1.165, 1.54) is 25.7 Å². The molecule has 0 amide bonds. The van der Waals surface area contributed by atoms with Crippen molar-refractivity contribution >= 4 is 0 Å². The first kappa shape index (κ1) is 22.4. The quantitative estimate of drug-likeness (QED) is 0.594. The van der Waals surface area contributed by atoms with E-state index in [2.05, 4.69) is 27.7 Å². The predicted molar refractivity (Wildman–Crippen MR) is 56.1 cm³/mol. The van der Waals surface area contributed by atoms with Crippen LogP contribution in [0.2, 0.25) is 0 Å². The summed E-state index contributed by atoms with van der Waals surface area (Å²) in [5.74, 6) is 0. The molecule has 0 aromatic carbocycles. The second-order valence-corrected chi connectivity index (χ2v) is 2.06. The van der Waals surface area contributed by atoms with Crippen molar-refractivity contribution in [3.8, 4) is 0 Å². The normalized spacial score (nSPS) is 6.00. The molecule has 0 unspecified atom stereocenters. The van der Waals surface area contributed by atoms with E-state index in [-0.39, 0.29) is 5.48 Å². The molecule has 0 fully saturated rings. The van der Waals surface area contributed by atoms with E-state index in [9.17, 15) is 0 Å². The highest BCUT2D eigenvalue weighted by Crippen LogP contribution is 1.88. The van der Waals surface area contributed by atoms with Crippen molar-refractivity contribution in [3.63, 3.8) is 0 Å². The topological polar surface area (TPSA) is 31.5 Å². The molecule has 2 N–H and O–H groups in total. The smallest absolute Gasteiger partial charge is 0.0538 e. The van der Waals surface area contributed by atoms with Gasteiger partial charge in [0.2, 0.25) is 0 Å². The molecule has 0 aliphatic carbocycles. The van der Waals surface area contributed by atoms with Crippen molar-refractivity contribution in [2.75, 3.05) is 0 Å². The van der Waals surface area contributed by atoms with Gasteiger partial charge in [0.05, 0.1) is 0 Å². The lowest BCUT2D eigenvalue weighted by Crippen LogP contribution is -1.59. The predicted octanol–water partition coefficient (Wildman–Crippen LogP) is 3.81. The van der Waals surface area contributed by atoms with E-state index in [1.807, 2.05) is 13.8 Å². The van der Waals surface area contributed by atoms with Gasteiger partial charge in [0.25, 0.3) is 0 Å². The van der Waals surface area contributed by atoms with Gasteiger partial charge in [-0.25, -0.2) is 0 Å². The Bertz CT molecular complexity index is 18.8. The van der Waals surface area contributed by atoms with Crippen molar-refractivity contribution in [2.24, 2.45) is 0 Å². The van der Waals surface area contributed by atoms with Gasteiger partial charge in [0.1, 0.15) is 0 Å². The van der Waals surface area contributed by atoms with E-state index >= 15 is 0 Å². The van der Waals surface area contributed by atoms with Crippen LogP contribution in [0.15, 0.2) is 0 Å². The monoisotopic (exact) mass is 164 g/mol. The summed E-state index contributed by atoms with van der Waals surface area (Å²) < 4.78 is 0. The maximum atomic E-state index is 2.21. The summed E-state index contributed by atoms with van der Waals surface area (Å²) >= 11 is 0. The van der Waals surface area contributed by atoms with Crippen molar-refractivity contribution < 1.29 is 5.48 Å². The molecule has 0 aromatic rings. The molecular weight excluding hydrogens is 136 g/mol. The number of hydrogen-bond acceptors (Lipinski definition) is 0. The van der Waals surface area contributed by atoms with Gasteiger partial charge in [-0.1, -0.05) is 67.2 Å². The third-order valence-corrected chi connectivity index (χ3v) is 0.707. The summed E-state index contributed by atoms with van der Waals surface area (Å²) in [6.45, 7) is 12.7. The molecule has 1 heteroatoms. The third kappa shape index (κ3) is 164. The van der Waals surface area contributed by atoms with Crippen LogP contribution in [0.1, 0.15) is 67.2 Å². The molecule has 1 nitrogen and oxygen atoms in total. The fourth-order valence-electron chi connectivity index (χ4n) is 0.354. The highest BCUT2D eigenvalue weighted by molar-refractivity contribution is 4.24. The van der Waals surface area contributed by atoms with Gasteiger partial charge < -0.3 is 5.48 Å². The van der Waals surface area contributed by atoms with Crippen molar-refractivity contribution in [1.29, 1.82) is 0 Å². The molecular formula is C10H28O. The van der Waals surface area contributed by atoms with Gasteiger partial charge in [0, 0.05) is 0 Å². The van der Waals surface area contributed by atoms with Crippen LogP contribution in [0.3, 0.4) is 0 Å². The van der Waals surface area contributed by atoms with E-state index in [1.54, 1.807) is 0 Å². The van der Waals surface area contributed by atoms with Crippen LogP contribution in [0.25, 0.3) is 0 Å². The summed E-state index contributed by atoms with van der Waals surface area (Å²) in [5.41, 5.74) is 0. The molecule has 11 heavy (non-hydrogen) atoms. The number of unbranched alkanes of at least 4 members (excludes halogenated alkanes) is 2. The van der Waals surface area contributed by atoms with Gasteiger partial charge in [0.15, 0.2) is 0 Å². The summed E-state index contributed by atoms with van der Waals surface area (Å²) in [5, 5.41) is 0. The first-order valence-corrected chi connectivity index (χ1v) is 4.83. The largest absolute Gasteiger partial charge is 0.412 e. The van der Waals surface area contributed by atoms with Gasteiger partial charge in [-0.15, -0.1) is 0 Å². The highest BCUT2D eigenvalue weighted by atomic mass is 16.0. The van der Waals surface area contributed by atoms with Crippen LogP contribution in [-0.4, -0.2) is 5.48 Å². The average molecular weight is 164 g/mol. The van der Waals surface area contributed by atoms with Gasteiger partial charge in [-0.2, -0.15) is 0 Å². The highest BCUT2D eigenvalue weighted by Gasteiger charge is 1.68. The molecule has 0 spiro atoms. The van der Waals surface area contributed by atoms with Gasteiger partial charge in [-0.3, -0.25) is 0 Å². The summed E-state index contributed by atoms with van der Waals surface area (Å²) in [7, 11) is 0. The molecule has 0 saturated carbocycles. The maximum absolute atomic E-state index is 2.21. The second-order valence-electron chi connectivity index (χ2n) is 2.06. The standard InChI is InChI=1S/C5H12.C3H8.C2H6.H2O/c1-3-5-4-2;1-3-2;1-2;/h3-5H2,1-2H3;3H2,1-2H3;1-2H3;1H2. The minimum atomic E-state index is 0. The average Bonchev–Trinajstić information content (AvgIpc) is 1.96. The van der Waals surface area contributed by atoms with Crippen LogP contribution >= 0.6 is 0 Å². The lowest BCUT2D eigenvalue weighted by Gasteiger charge is -1.79. The Hall–Kier alpha value is -0.0400. The molecule has 0 aliphatic rings. The molecule has 74 valence electrons. The molecule has 0 aromatic heterocycles. The van der Waals surface area contributed by atoms with Crippen LogP contribution < -0.4 is 0 Å². The SMILES string of the molecule is CC.CCC.CCCCC.O. The minimum absolute atomic E-state index is 0. The first-order valence-electron chi connectivity index (χ1n) is 4.83. The summed E-state index contributed by atoms with van der Waals surface area (Å²) in [6, 6.07) is 0. The third-order valence-electron chi connectivity index (χ3n) is 0.707. The minimum Gasteiger partial charge on any atom is -0.412 e. The van der Waals surface area contributed by atoms with E-state index in [0.29, 0.717) is 0 Å². The zero-order valence-electron chi connectivity index (χ0n) is 9.33. The van der Waals surface area contributed by atoms with Gasteiger partial charge >= 0.3 is 0 Å². The molecule has 0 saturated heterocycles. The van der Waals surface area contributed by atoms with Crippen LogP contribution in [0.4, 0.5) is 0 Å². The molecule has 0 bridgehead atoms. The van der Waals surface area contributed by atoms with Crippen LogP contribution in [0, 0.1) is 0 Å². The van der Waals surface area contributed by atoms with E-state index in [4.69, 9.17) is 0 Å². The van der Waals surface area contributed by atoms with E-state index < -0.39 is 0 Å². The summed E-state index contributed by atoms with van der Waals surface area (Å²) in [6.07, 6.45) is 5.33. The number of rotatable bonds is 2. The first-order chi connectivity index (χ1) is 4.83. The fourth-order valence-corrected chi connectivity index (χ4v) is 0.354. The zero-order valence-corrected chi connectivity index (χ0v) is 9.33. The molecule has 0 atom stereocenters. The maximum Gasteiger partial charge on any atom is -0.0538 e. The second kappa shape index (κ2) is 51.0. The Labute approximate surface area is 73.5 Å². The van der Waals surface area contributed by atoms with E-state index in [0.717, 1.165) is 0 Å². The Morgan fingerprint density at radius 2 is 0.909 bits per heavy atom. The molecule has 0 heterocycles. The van der Waals surface area contributed by atoms with Crippen molar-refractivity contribution in [3.05, 3.63) is 0 Å². The summed E-state index contributed by atoms with van der Waals surface area (Å²) in [4.78, 5) is 0. The van der Waals surface area contributed by atoms with Gasteiger partial charge in [-0.05, 0) is 0 Å². The Kier molecular flexibility index (Phi) is 104. The Balaban J connectivity index is -0.0000000360. The molecule has 0 rings (SSSR count). The Morgan fingerprint density at radius 3 is 0.909 bits per heavy atom. The molecule has 0 radical (unpaired) electrons. The number of hydrogen-bond donors (Lipinski definition) is 0. The fraction of sp³-hybridized carbons (Fsp3) is 1.00. The lowest BCUT2D eigenvalue weighted by molar-refractivity contribution is 0.772. The Morgan fingerprint density at radius 1 is 0.727 bits per heavy atom. The lowest BCUT2D eigenvalue weighted by atomic mass is 10.3. The molecule has 0 aliphatic heterocycles. The van der Waals surface area contributed by atoms with Crippen LogP contribution in [0.5, 0.6) is 0 Å². The van der Waals surface area contributed by atoms with Crippen molar-refractivity contribution in [1.82, 2.24) is 0 Å². The van der Waals surface area contributed by atoms with Crippen molar-refractivity contribution in [2.45, 2.75) is 67.2 Å². The zero-order chi connectivity index (χ0) is 8.83.